The first-order chi connectivity index (χ1) is 9.02. The molecule has 0 spiro atoms. The molecule has 0 aliphatic heterocycles. The number of halogens is 3. The summed E-state index contributed by atoms with van der Waals surface area (Å²) in [5.74, 6) is -1.96. The summed E-state index contributed by atoms with van der Waals surface area (Å²) in [4.78, 5) is 12.2. The number of carbonyl (C=O) groups is 1. The molecule has 0 atom stereocenters. The summed E-state index contributed by atoms with van der Waals surface area (Å²) >= 11 is 4.09. The first kappa shape index (κ1) is 14.0. The van der Waals surface area contributed by atoms with Gasteiger partial charge in [0.2, 0.25) is 0 Å². The van der Waals surface area contributed by atoms with E-state index < -0.39 is 23.2 Å². The molecule has 19 heavy (non-hydrogen) atoms. The van der Waals surface area contributed by atoms with E-state index in [-0.39, 0.29) is 9.35 Å². The van der Waals surface area contributed by atoms with E-state index in [0.717, 1.165) is 23.5 Å². The zero-order valence-corrected chi connectivity index (χ0v) is 12.1. The Morgan fingerprint density at radius 1 is 1.37 bits per heavy atom. The van der Waals surface area contributed by atoms with E-state index in [9.17, 15) is 13.6 Å². The van der Waals surface area contributed by atoms with Gasteiger partial charge in [-0.15, -0.1) is 11.3 Å². The fraction of sp³-hybridized carbons (Fsp3) is 0.0833. The van der Waals surface area contributed by atoms with E-state index in [1.807, 2.05) is 0 Å². The van der Waals surface area contributed by atoms with Gasteiger partial charge < -0.3 is 10.1 Å². The summed E-state index contributed by atoms with van der Waals surface area (Å²) < 4.78 is 32.4. The van der Waals surface area contributed by atoms with Crippen LogP contribution in [0.2, 0.25) is 0 Å². The number of hydrogen-bond acceptors (Lipinski definition) is 3. The molecule has 0 saturated carbocycles. The second kappa shape index (κ2) is 5.66. The van der Waals surface area contributed by atoms with Crippen LogP contribution in [0.15, 0.2) is 28.1 Å². The third kappa shape index (κ3) is 2.93. The molecule has 0 unspecified atom stereocenters. The summed E-state index contributed by atoms with van der Waals surface area (Å²) in [5, 5.41) is 3.86. The van der Waals surface area contributed by atoms with Crippen molar-refractivity contribution in [2.24, 2.45) is 0 Å². The molecule has 1 aromatic carbocycles. The first-order valence-corrected chi connectivity index (χ1v) is 6.77. The van der Waals surface area contributed by atoms with Gasteiger partial charge >= 0.3 is 0 Å². The van der Waals surface area contributed by atoms with Crippen molar-refractivity contribution in [1.82, 2.24) is 0 Å². The number of benzene rings is 1. The van der Waals surface area contributed by atoms with Crippen molar-refractivity contribution >= 4 is 38.9 Å². The molecule has 1 aromatic heterocycles. The number of ether oxygens (including phenoxy) is 1. The lowest BCUT2D eigenvalue weighted by molar-refractivity contribution is 0.102. The minimum Gasteiger partial charge on any atom is -0.495 e. The van der Waals surface area contributed by atoms with Crippen molar-refractivity contribution in [1.29, 1.82) is 0 Å². The smallest absolute Gasteiger partial charge is 0.269 e. The molecule has 2 aromatic rings. The van der Waals surface area contributed by atoms with Crippen molar-refractivity contribution in [2.45, 2.75) is 0 Å². The van der Waals surface area contributed by atoms with Gasteiger partial charge in [-0.25, -0.2) is 8.78 Å². The third-order valence-corrected chi connectivity index (χ3v) is 3.65. The molecule has 0 saturated heterocycles. The van der Waals surface area contributed by atoms with Crippen molar-refractivity contribution in [3.05, 3.63) is 44.6 Å². The van der Waals surface area contributed by atoms with Crippen molar-refractivity contribution in [2.75, 3.05) is 12.4 Å². The van der Waals surface area contributed by atoms with E-state index in [2.05, 4.69) is 21.2 Å². The molecule has 2 rings (SSSR count). The number of rotatable bonds is 3. The van der Waals surface area contributed by atoms with E-state index >= 15 is 0 Å². The van der Waals surface area contributed by atoms with Gasteiger partial charge in [-0.1, -0.05) is 15.9 Å². The average Bonchev–Trinajstić information content (AvgIpc) is 2.81. The molecule has 1 heterocycles. The number of methoxy groups -OCH3 is 1. The zero-order valence-electron chi connectivity index (χ0n) is 9.67. The number of thiophene rings is 1. The van der Waals surface area contributed by atoms with Crippen LogP contribution < -0.4 is 10.1 Å². The minimum atomic E-state index is -0.851. The fourth-order valence-corrected chi connectivity index (χ4v) is 2.61. The normalized spacial score (nSPS) is 10.3. The summed E-state index contributed by atoms with van der Waals surface area (Å²) in [5.41, 5.74) is -0.483. The first-order valence-electron chi connectivity index (χ1n) is 5.10. The third-order valence-electron chi connectivity index (χ3n) is 2.30. The fourth-order valence-electron chi connectivity index (χ4n) is 1.46. The van der Waals surface area contributed by atoms with Crippen LogP contribution in [0.4, 0.5) is 14.5 Å². The zero-order chi connectivity index (χ0) is 14.0. The maximum absolute atomic E-state index is 13.6. The van der Waals surface area contributed by atoms with Crippen molar-refractivity contribution in [3.8, 4) is 5.75 Å². The van der Waals surface area contributed by atoms with Gasteiger partial charge in [0.1, 0.15) is 16.3 Å². The Bertz CT molecular complexity index is 607. The van der Waals surface area contributed by atoms with Gasteiger partial charge in [0.05, 0.1) is 7.11 Å². The van der Waals surface area contributed by atoms with Crippen LogP contribution in [0.25, 0.3) is 0 Å². The molecule has 0 aliphatic rings. The predicted molar refractivity (Wildman–Crippen MR) is 72.9 cm³/mol. The average molecular weight is 348 g/mol. The largest absolute Gasteiger partial charge is 0.495 e. The predicted octanol–water partition coefficient (Wildman–Crippen LogP) is 4.05. The molecular weight excluding hydrogens is 340 g/mol. The lowest BCUT2D eigenvalue weighted by atomic mass is 10.3. The van der Waals surface area contributed by atoms with E-state index in [0.29, 0.717) is 5.75 Å². The Labute approximate surface area is 120 Å². The number of carbonyl (C=O) groups excluding carboxylic acids is 1. The number of nitrogens with one attached hydrogen (secondary N) is 1. The van der Waals surface area contributed by atoms with Gasteiger partial charge in [0, 0.05) is 4.47 Å². The highest BCUT2D eigenvalue weighted by molar-refractivity contribution is 9.10. The summed E-state index contributed by atoms with van der Waals surface area (Å²) in [6.45, 7) is 0. The second-order valence-corrected chi connectivity index (χ2v) is 5.35. The molecule has 0 fully saturated rings. The Kier molecular flexibility index (Phi) is 4.16. The Hall–Kier alpha value is -1.47. The molecule has 1 amide bonds. The SMILES string of the molecule is COc1ccsc1C(=O)Nc1c(F)cc(Br)cc1F. The molecule has 0 bridgehead atoms. The quantitative estimate of drug-likeness (QED) is 0.909. The summed E-state index contributed by atoms with van der Waals surface area (Å²) in [6, 6.07) is 3.75. The van der Waals surface area contributed by atoms with Crippen LogP contribution >= 0.6 is 27.3 Å². The molecule has 1 N–H and O–H groups in total. The Balaban J connectivity index is 2.29. The molecule has 0 aliphatic carbocycles. The summed E-state index contributed by atoms with van der Waals surface area (Å²) in [7, 11) is 1.42. The molecule has 100 valence electrons. The van der Waals surface area contributed by atoms with Gasteiger partial charge in [-0.05, 0) is 23.6 Å². The second-order valence-electron chi connectivity index (χ2n) is 3.52. The standard InChI is InChI=1S/C12H8BrF2NO2S/c1-18-9-2-3-19-11(9)12(17)16-10-7(14)4-6(13)5-8(10)15/h2-5H,1H3,(H,16,17). The van der Waals surface area contributed by atoms with Gasteiger partial charge in [-0.3, -0.25) is 4.79 Å². The van der Waals surface area contributed by atoms with Gasteiger partial charge in [0.15, 0.2) is 11.6 Å². The molecular formula is C12H8BrF2NO2S. The topological polar surface area (TPSA) is 38.3 Å². The van der Waals surface area contributed by atoms with E-state index in [1.165, 1.54) is 7.11 Å². The number of anilines is 1. The van der Waals surface area contributed by atoms with Crippen LogP contribution in [0.3, 0.4) is 0 Å². The molecule has 7 heteroatoms. The van der Waals surface area contributed by atoms with Crippen LogP contribution in [0.5, 0.6) is 5.75 Å². The van der Waals surface area contributed by atoms with E-state index in [1.54, 1.807) is 11.4 Å². The van der Waals surface area contributed by atoms with E-state index in [4.69, 9.17) is 4.74 Å². The van der Waals surface area contributed by atoms with Crippen LogP contribution in [-0.2, 0) is 0 Å². The monoisotopic (exact) mass is 347 g/mol. The highest BCUT2D eigenvalue weighted by Gasteiger charge is 2.18. The van der Waals surface area contributed by atoms with Crippen LogP contribution in [0, 0.1) is 11.6 Å². The summed E-state index contributed by atoms with van der Waals surface area (Å²) in [6.07, 6.45) is 0. The molecule has 3 nitrogen and oxygen atoms in total. The molecule has 0 radical (unpaired) electrons. The number of amides is 1. The van der Waals surface area contributed by atoms with Gasteiger partial charge in [0.25, 0.3) is 5.91 Å². The van der Waals surface area contributed by atoms with Crippen LogP contribution in [-0.4, -0.2) is 13.0 Å². The maximum Gasteiger partial charge on any atom is 0.269 e. The van der Waals surface area contributed by atoms with Crippen molar-refractivity contribution < 1.29 is 18.3 Å². The lowest BCUT2D eigenvalue weighted by Gasteiger charge is -2.08. The minimum absolute atomic E-state index is 0.254. The van der Waals surface area contributed by atoms with Gasteiger partial charge in [-0.2, -0.15) is 0 Å². The Morgan fingerprint density at radius 3 is 2.58 bits per heavy atom. The maximum atomic E-state index is 13.6. The highest BCUT2D eigenvalue weighted by atomic mass is 79.9. The highest BCUT2D eigenvalue weighted by Crippen LogP contribution is 2.28. The van der Waals surface area contributed by atoms with Crippen LogP contribution in [0.1, 0.15) is 9.67 Å². The number of hydrogen-bond donors (Lipinski definition) is 1. The van der Waals surface area contributed by atoms with Crippen molar-refractivity contribution in [3.63, 3.8) is 0 Å². The Morgan fingerprint density at radius 2 is 2.00 bits per heavy atom. The lowest BCUT2D eigenvalue weighted by Crippen LogP contribution is -2.13.